The van der Waals surface area contributed by atoms with Gasteiger partial charge in [0.15, 0.2) is 6.29 Å². The Morgan fingerprint density at radius 2 is 1.80 bits per heavy atom. The summed E-state index contributed by atoms with van der Waals surface area (Å²) in [6.45, 7) is 3.10. The third-order valence-electron chi connectivity index (χ3n) is 2.31. The van der Waals surface area contributed by atoms with Crippen molar-refractivity contribution in [1.29, 1.82) is 0 Å². The molecule has 1 aliphatic heterocycles. The van der Waals surface area contributed by atoms with Crippen LogP contribution in [0.15, 0.2) is 0 Å². The van der Waals surface area contributed by atoms with Crippen LogP contribution >= 0.6 is 0 Å². The fraction of sp³-hybridized carbons (Fsp3) is 1.00. The molecule has 6 atom stereocenters. The Labute approximate surface area is 88.1 Å². The molecular weight excluding hydrogens is 204 g/mol. The van der Waals surface area contributed by atoms with Crippen molar-refractivity contribution in [3.05, 3.63) is 0 Å². The SMILES string of the molecule is CC(O)CO[C@@H]1O[C@H](C)[C@H](O)[C@H](O)[C@H]1O. The molecule has 1 aliphatic rings. The van der Waals surface area contributed by atoms with E-state index in [1.807, 2.05) is 0 Å². The molecule has 1 heterocycles. The molecule has 0 bridgehead atoms. The maximum Gasteiger partial charge on any atom is 0.186 e. The minimum absolute atomic E-state index is 0.00272. The van der Waals surface area contributed by atoms with Gasteiger partial charge in [0.1, 0.15) is 18.3 Å². The van der Waals surface area contributed by atoms with Gasteiger partial charge in [-0.2, -0.15) is 0 Å². The topological polar surface area (TPSA) is 99.4 Å². The van der Waals surface area contributed by atoms with Crippen molar-refractivity contribution >= 4 is 0 Å². The van der Waals surface area contributed by atoms with Crippen molar-refractivity contribution < 1.29 is 29.9 Å². The predicted octanol–water partition coefficient (Wildman–Crippen LogP) is -1.79. The number of hydrogen-bond donors (Lipinski definition) is 4. The molecule has 1 rings (SSSR count). The van der Waals surface area contributed by atoms with Gasteiger partial charge in [-0.25, -0.2) is 0 Å². The largest absolute Gasteiger partial charge is 0.391 e. The summed E-state index contributed by atoms with van der Waals surface area (Å²) in [5, 5.41) is 37.3. The van der Waals surface area contributed by atoms with Crippen LogP contribution in [0.25, 0.3) is 0 Å². The highest BCUT2D eigenvalue weighted by Crippen LogP contribution is 2.21. The fourth-order valence-corrected chi connectivity index (χ4v) is 1.39. The van der Waals surface area contributed by atoms with Gasteiger partial charge in [-0.3, -0.25) is 0 Å². The van der Waals surface area contributed by atoms with E-state index in [4.69, 9.17) is 14.6 Å². The molecule has 4 N–H and O–H groups in total. The van der Waals surface area contributed by atoms with Crippen molar-refractivity contribution in [2.75, 3.05) is 6.61 Å². The zero-order chi connectivity index (χ0) is 11.6. The van der Waals surface area contributed by atoms with E-state index in [9.17, 15) is 15.3 Å². The van der Waals surface area contributed by atoms with E-state index in [0.717, 1.165) is 0 Å². The summed E-state index contributed by atoms with van der Waals surface area (Å²) in [6, 6.07) is 0. The van der Waals surface area contributed by atoms with Gasteiger partial charge in [0.05, 0.1) is 18.8 Å². The number of aliphatic hydroxyl groups excluding tert-OH is 4. The molecule has 1 saturated heterocycles. The Bertz CT molecular complexity index is 197. The number of rotatable bonds is 3. The second-order valence-corrected chi connectivity index (χ2v) is 3.86. The summed E-state index contributed by atoms with van der Waals surface area (Å²) in [7, 11) is 0. The van der Waals surface area contributed by atoms with Gasteiger partial charge in [0.2, 0.25) is 0 Å². The van der Waals surface area contributed by atoms with Gasteiger partial charge in [0, 0.05) is 0 Å². The lowest BCUT2D eigenvalue weighted by molar-refractivity contribution is -0.296. The molecule has 1 unspecified atom stereocenters. The number of hydrogen-bond acceptors (Lipinski definition) is 6. The van der Waals surface area contributed by atoms with Crippen LogP contribution < -0.4 is 0 Å². The number of aliphatic hydroxyl groups is 4. The molecule has 0 saturated carbocycles. The van der Waals surface area contributed by atoms with Crippen molar-refractivity contribution in [1.82, 2.24) is 0 Å². The first kappa shape index (κ1) is 12.8. The molecule has 0 radical (unpaired) electrons. The third-order valence-corrected chi connectivity index (χ3v) is 2.31. The molecule has 1 fully saturated rings. The zero-order valence-corrected chi connectivity index (χ0v) is 8.78. The second kappa shape index (κ2) is 5.20. The Hall–Kier alpha value is -0.240. The molecule has 0 aromatic heterocycles. The maximum atomic E-state index is 9.50. The van der Waals surface area contributed by atoms with E-state index in [-0.39, 0.29) is 6.61 Å². The molecule has 6 heteroatoms. The van der Waals surface area contributed by atoms with Crippen LogP contribution in [0.4, 0.5) is 0 Å². The summed E-state index contributed by atoms with van der Waals surface area (Å²) in [5.41, 5.74) is 0. The van der Waals surface area contributed by atoms with Gasteiger partial charge < -0.3 is 29.9 Å². The lowest BCUT2D eigenvalue weighted by atomic mass is 10.0. The van der Waals surface area contributed by atoms with E-state index in [1.54, 1.807) is 6.92 Å². The smallest absolute Gasteiger partial charge is 0.186 e. The lowest BCUT2D eigenvalue weighted by Gasteiger charge is -2.39. The van der Waals surface area contributed by atoms with Crippen LogP contribution in [0.5, 0.6) is 0 Å². The Balaban J connectivity index is 2.51. The predicted molar refractivity (Wildman–Crippen MR) is 50.0 cm³/mol. The van der Waals surface area contributed by atoms with Crippen LogP contribution in [0, 0.1) is 0 Å². The Morgan fingerprint density at radius 1 is 1.20 bits per heavy atom. The van der Waals surface area contributed by atoms with Crippen LogP contribution in [0.2, 0.25) is 0 Å². The molecule has 0 aromatic carbocycles. The molecular formula is C9H18O6. The first-order valence-corrected chi connectivity index (χ1v) is 4.92. The fourth-order valence-electron chi connectivity index (χ4n) is 1.39. The van der Waals surface area contributed by atoms with Gasteiger partial charge in [0.25, 0.3) is 0 Å². The molecule has 0 aliphatic carbocycles. The van der Waals surface area contributed by atoms with Gasteiger partial charge in [-0.05, 0) is 13.8 Å². The van der Waals surface area contributed by atoms with Gasteiger partial charge >= 0.3 is 0 Å². The van der Waals surface area contributed by atoms with Crippen molar-refractivity contribution in [2.24, 2.45) is 0 Å². The molecule has 0 amide bonds. The quantitative estimate of drug-likeness (QED) is 0.450. The molecule has 15 heavy (non-hydrogen) atoms. The highest BCUT2D eigenvalue weighted by atomic mass is 16.7. The Kier molecular flexibility index (Phi) is 4.45. The van der Waals surface area contributed by atoms with Crippen molar-refractivity contribution in [3.63, 3.8) is 0 Å². The summed E-state index contributed by atoms with van der Waals surface area (Å²) in [6.07, 6.45) is -6.07. The lowest BCUT2D eigenvalue weighted by Crippen LogP contribution is -2.57. The number of ether oxygens (including phenoxy) is 2. The molecule has 6 nitrogen and oxygen atoms in total. The second-order valence-electron chi connectivity index (χ2n) is 3.86. The third kappa shape index (κ3) is 3.10. The normalized spacial score (nSPS) is 44.0. The average molecular weight is 222 g/mol. The van der Waals surface area contributed by atoms with E-state index < -0.39 is 36.8 Å². The van der Waals surface area contributed by atoms with Crippen LogP contribution in [0.1, 0.15) is 13.8 Å². The summed E-state index contributed by atoms with van der Waals surface area (Å²) < 4.78 is 10.2. The highest BCUT2D eigenvalue weighted by Gasteiger charge is 2.42. The summed E-state index contributed by atoms with van der Waals surface area (Å²) >= 11 is 0. The standard InChI is InChI=1S/C9H18O6/c1-4(10)3-14-9-8(13)7(12)6(11)5(2)15-9/h4-13H,3H2,1-2H3/t4?,5-,6+,7+,8-,9-/m1/s1. The van der Waals surface area contributed by atoms with E-state index >= 15 is 0 Å². The van der Waals surface area contributed by atoms with Gasteiger partial charge in [-0.15, -0.1) is 0 Å². The summed E-state index contributed by atoms with van der Waals surface area (Å²) in [4.78, 5) is 0. The van der Waals surface area contributed by atoms with Crippen LogP contribution in [0.3, 0.4) is 0 Å². The van der Waals surface area contributed by atoms with Gasteiger partial charge in [-0.1, -0.05) is 0 Å². The van der Waals surface area contributed by atoms with Crippen LogP contribution in [-0.2, 0) is 9.47 Å². The molecule has 0 spiro atoms. The van der Waals surface area contributed by atoms with Crippen molar-refractivity contribution in [3.8, 4) is 0 Å². The zero-order valence-electron chi connectivity index (χ0n) is 8.78. The van der Waals surface area contributed by atoms with E-state index in [0.29, 0.717) is 0 Å². The summed E-state index contributed by atoms with van der Waals surface area (Å²) in [5.74, 6) is 0. The van der Waals surface area contributed by atoms with Crippen molar-refractivity contribution in [2.45, 2.75) is 50.7 Å². The first-order chi connectivity index (χ1) is 6.93. The molecule has 0 aromatic rings. The molecule has 90 valence electrons. The average Bonchev–Trinajstić information content (AvgIpc) is 2.18. The minimum atomic E-state index is -1.31. The highest BCUT2D eigenvalue weighted by molar-refractivity contribution is 4.87. The Morgan fingerprint density at radius 3 is 2.33 bits per heavy atom. The maximum absolute atomic E-state index is 9.50. The van der Waals surface area contributed by atoms with E-state index in [1.165, 1.54) is 6.92 Å². The first-order valence-electron chi connectivity index (χ1n) is 4.92. The van der Waals surface area contributed by atoms with Crippen LogP contribution in [-0.4, -0.2) is 63.8 Å². The monoisotopic (exact) mass is 222 g/mol. The minimum Gasteiger partial charge on any atom is -0.391 e. The van der Waals surface area contributed by atoms with E-state index in [2.05, 4.69) is 0 Å².